The van der Waals surface area contributed by atoms with Gasteiger partial charge in [-0.3, -0.25) is 0 Å². The van der Waals surface area contributed by atoms with Crippen LogP contribution >= 0.6 is 15.9 Å². The minimum Gasteiger partial charge on any atom is -0.316 e. The van der Waals surface area contributed by atoms with Gasteiger partial charge in [0.2, 0.25) is 10.0 Å². The zero-order chi connectivity index (χ0) is 14.6. The van der Waals surface area contributed by atoms with Crippen LogP contribution in [0.1, 0.15) is 5.56 Å². The first-order valence-corrected chi connectivity index (χ1v) is 7.60. The maximum absolute atomic E-state index is 14.2. The highest BCUT2D eigenvalue weighted by Gasteiger charge is 2.26. The first-order valence-electron chi connectivity index (χ1n) is 5.37. The Hall–Kier alpha value is -0.940. The van der Waals surface area contributed by atoms with Crippen LogP contribution in [0.4, 0.5) is 4.39 Å². The molecule has 1 N–H and O–H groups in total. The summed E-state index contributed by atoms with van der Waals surface area (Å²) in [5.41, 5.74) is 0.268. The first-order chi connectivity index (χ1) is 8.84. The van der Waals surface area contributed by atoms with Crippen molar-refractivity contribution in [3.05, 3.63) is 28.0 Å². The van der Waals surface area contributed by atoms with Crippen molar-refractivity contribution >= 4 is 26.0 Å². The van der Waals surface area contributed by atoms with Crippen molar-refractivity contribution in [1.29, 1.82) is 0 Å². The molecule has 0 aromatic heterocycles. The summed E-state index contributed by atoms with van der Waals surface area (Å²) in [5, 5.41) is 2.78. The normalized spacial score (nSPS) is 11.6. The van der Waals surface area contributed by atoms with Gasteiger partial charge in [-0.25, -0.2) is 12.8 Å². The number of halogens is 2. The van der Waals surface area contributed by atoms with Gasteiger partial charge in [0.1, 0.15) is 10.7 Å². The number of sulfonamides is 1. The van der Waals surface area contributed by atoms with Crippen molar-refractivity contribution in [3.8, 4) is 12.3 Å². The molecule has 104 valence electrons. The topological polar surface area (TPSA) is 49.4 Å². The van der Waals surface area contributed by atoms with E-state index in [1.807, 2.05) is 0 Å². The van der Waals surface area contributed by atoms with Gasteiger partial charge in [0.25, 0.3) is 0 Å². The summed E-state index contributed by atoms with van der Waals surface area (Å²) in [7, 11) is -0.973. The van der Waals surface area contributed by atoms with Crippen LogP contribution in [0.25, 0.3) is 0 Å². The monoisotopic (exact) mass is 348 g/mol. The van der Waals surface area contributed by atoms with Crippen LogP contribution in [-0.4, -0.2) is 33.4 Å². The summed E-state index contributed by atoms with van der Waals surface area (Å²) in [4.78, 5) is -0.384. The summed E-state index contributed by atoms with van der Waals surface area (Å²) in [5.74, 6) is 1.45. The lowest BCUT2D eigenvalue weighted by Gasteiger charge is -2.16. The number of rotatable bonds is 5. The molecule has 4 nitrogen and oxygen atoms in total. The lowest BCUT2D eigenvalue weighted by atomic mass is 10.2. The summed E-state index contributed by atoms with van der Waals surface area (Å²) in [6.07, 6.45) is 5.08. The summed E-state index contributed by atoms with van der Waals surface area (Å²) >= 11 is 3.18. The van der Waals surface area contributed by atoms with Gasteiger partial charge in [0.05, 0.1) is 6.54 Å². The second-order valence-corrected chi connectivity index (χ2v) is 6.80. The van der Waals surface area contributed by atoms with Crippen molar-refractivity contribution in [3.63, 3.8) is 0 Å². The van der Waals surface area contributed by atoms with E-state index in [1.54, 1.807) is 7.05 Å². The largest absolute Gasteiger partial charge is 0.316 e. The fraction of sp³-hybridized carbons (Fsp3) is 0.333. The Morgan fingerprint density at radius 1 is 1.53 bits per heavy atom. The Morgan fingerprint density at radius 3 is 2.68 bits per heavy atom. The van der Waals surface area contributed by atoms with Gasteiger partial charge in [0, 0.05) is 23.6 Å². The number of terminal acetylenes is 1. The van der Waals surface area contributed by atoms with Crippen molar-refractivity contribution < 1.29 is 12.8 Å². The molecule has 0 unspecified atom stereocenters. The second kappa shape index (κ2) is 6.48. The SMILES string of the molecule is C#CCN(C)S(=O)(=O)c1cc(Br)cc(CNC)c1F. The molecule has 0 aliphatic rings. The predicted octanol–water partition coefficient (Wildman–Crippen LogP) is 1.56. The molecule has 0 heterocycles. The lowest BCUT2D eigenvalue weighted by molar-refractivity contribution is 0.489. The number of benzene rings is 1. The van der Waals surface area contributed by atoms with Gasteiger partial charge in [-0.2, -0.15) is 4.31 Å². The Balaban J connectivity index is 3.39. The fourth-order valence-corrected chi connectivity index (χ4v) is 3.38. The fourth-order valence-electron chi connectivity index (χ4n) is 1.51. The number of hydrogen-bond donors (Lipinski definition) is 1. The third-order valence-electron chi connectivity index (χ3n) is 2.45. The average Bonchev–Trinajstić information content (AvgIpc) is 2.33. The van der Waals surface area contributed by atoms with Gasteiger partial charge in [-0.15, -0.1) is 6.42 Å². The van der Waals surface area contributed by atoms with E-state index in [-0.39, 0.29) is 23.5 Å². The first kappa shape index (κ1) is 16.1. The Morgan fingerprint density at radius 2 is 2.16 bits per heavy atom. The van der Waals surface area contributed by atoms with E-state index in [2.05, 4.69) is 27.2 Å². The van der Waals surface area contributed by atoms with Crippen molar-refractivity contribution in [2.45, 2.75) is 11.4 Å². The van der Waals surface area contributed by atoms with Gasteiger partial charge in [-0.1, -0.05) is 21.9 Å². The van der Waals surface area contributed by atoms with E-state index < -0.39 is 15.8 Å². The second-order valence-electron chi connectivity index (χ2n) is 3.87. The van der Waals surface area contributed by atoms with E-state index in [0.29, 0.717) is 4.47 Å². The zero-order valence-corrected chi connectivity index (χ0v) is 13.0. The molecule has 0 bridgehead atoms. The summed E-state index contributed by atoms with van der Waals surface area (Å²) < 4.78 is 40.0. The highest BCUT2D eigenvalue weighted by atomic mass is 79.9. The molecule has 1 aromatic rings. The van der Waals surface area contributed by atoms with Crippen LogP contribution in [0.3, 0.4) is 0 Å². The molecule has 0 atom stereocenters. The Kier molecular flexibility index (Phi) is 5.50. The summed E-state index contributed by atoms with van der Waals surface area (Å²) in [6, 6.07) is 2.77. The summed E-state index contributed by atoms with van der Waals surface area (Å²) in [6.45, 7) is 0.113. The maximum Gasteiger partial charge on any atom is 0.246 e. The molecule has 0 aliphatic heterocycles. The van der Waals surface area contributed by atoms with Gasteiger partial charge < -0.3 is 5.32 Å². The van der Waals surface area contributed by atoms with E-state index in [4.69, 9.17) is 6.42 Å². The molecular formula is C12H14BrFN2O2S. The average molecular weight is 349 g/mol. The Labute approximate surface area is 121 Å². The standard InChI is InChI=1S/C12H14BrFN2O2S/c1-4-5-16(3)19(17,18)11-7-10(13)6-9(8-15-2)12(11)14/h1,6-7,15H,5,8H2,2-3H3. The van der Waals surface area contributed by atoms with Crippen molar-refractivity contribution in [2.75, 3.05) is 20.6 Å². The third-order valence-corrected chi connectivity index (χ3v) is 4.71. The van der Waals surface area contributed by atoms with Crippen LogP contribution in [0.5, 0.6) is 0 Å². The molecule has 0 spiro atoms. The van der Waals surface area contributed by atoms with Crippen LogP contribution < -0.4 is 5.32 Å². The van der Waals surface area contributed by atoms with Crippen LogP contribution in [0, 0.1) is 18.2 Å². The predicted molar refractivity (Wildman–Crippen MR) is 75.5 cm³/mol. The molecule has 0 saturated heterocycles. The maximum atomic E-state index is 14.2. The quantitative estimate of drug-likeness (QED) is 0.821. The minimum atomic E-state index is -3.94. The van der Waals surface area contributed by atoms with Gasteiger partial charge in [-0.05, 0) is 19.2 Å². The van der Waals surface area contributed by atoms with Gasteiger partial charge >= 0.3 is 0 Å². The lowest BCUT2D eigenvalue weighted by Crippen LogP contribution is -2.28. The van der Waals surface area contributed by atoms with E-state index >= 15 is 0 Å². The molecule has 1 rings (SSSR count). The number of nitrogens with one attached hydrogen (secondary N) is 1. The molecule has 0 amide bonds. The number of nitrogens with zero attached hydrogens (tertiary/aromatic N) is 1. The molecule has 19 heavy (non-hydrogen) atoms. The van der Waals surface area contributed by atoms with Crippen LogP contribution in [0.15, 0.2) is 21.5 Å². The highest BCUT2D eigenvalue weighted by molar-refractivity contribution is 9.10. The van der Waals surface area contributed by atoms with Crippen molar-refractivity contribution in [1.82, 2.24) is 9.62 Å². The molecule has 0 radical (unpaired) electrons. The minimum absolute atomic E-state index is 0.115. The zero-order valence-electron chi connectivity index (χ0n) is 10.6. The molecular weight excluding hydrogens is 335 g/mol. The molecule has 0 aliphatic carbocycles. The van der Waals surface area contributed by atoms with E-state index in [9.17, 15) is 12.8 Å². The number of hydrogen-bond acceptors (Lipinski definition) is 3. The highest BCUT2D eigenvalue weighted by Crippen LogP contribution is 2.26. The third kappa shape index (κ3) is 3.54. The van der Waals surface area contributed by atoms with Gasteiger partial charge in [0.15, 0.2) is 0 Å². The van der Waals surface area contributed by atoms with E-state index in [0.717, 1.165) is 4.31 Å². The molecule has 0 fully saturated rings. The molecule has 7 heteroatoms. The van der Waals surface area contributed by atoms with Crippen molar-refractivity contribution in [2.24, 2.45) is 0 Å². The van der Waals surface area contributed by atoms with E-state index in [1.165, 1.54) is 19.2 Å². The molecule has 0 saturated carbocycles. The van der Waals surface area contributed by atoms with Crippen LogP contribution in [0.2, 0.25) is 0 Å². The van der Waals surface area contributed by atoms with Crippen LogP contribution in [-0.2, 0) is 16.6 Å². The Bertz CT molecular complexity index is 611. The smallest absolute Gasteiger partial charge is 0.246 e. The molecule has 1 aromatic carbocycles.